The molecule has 0 aromatic heterocycles. The van der Waals surface area contributed by atoms with E-state index in [1.807, 2.05) is 38.1 Å². The topological polar surface area (TPSA) is 102 Å². The highest BCUT2D eigenvalue weighted by Crippen LogP contribution is 2.18. The van der Waals surface area contributed by atoms with Gasteiger partial charge in [-0.3, -0.25) is 4.79 Å². The van der Waals surface area contributed by atoms with Gasteiger partial charge in [-0.05, 0) is 49.2 Å². The van der Waals surface area contributed by atoms with Crippen LogP contribution in [-0.2, 0) is 4.79 Å². The highest BCUT2D eigenvalue weighted by Gasteiger charge is 2.11. The van der Waals surface area contributed by atoms with E-state index in [-0.39, 0.29) is 11.1 Å². The zero-order chi connectivity index (χ0) is 18.4. The summed E-state index contributed by atoms with van der Waals surface area (Å²) in [5.41, 5.74) is 3.14. The first-order valence-corrected chi connectivity index (χ1v) is 7.50. The average Bonchev–Trinajstić information content (AvgIpc) is 2.59. The van der Waals surface area contributed by atoms with Crippen LogP contribution >= 0.6 is 0 Å². The number of benzene rings is 2. The first kappa shape index (κ1) is 17.8. The largest absolute Gasteiger partial charge is 0.478 e. The van der Waals surface area contributed by atoms with Crippen molar-refractivity contribution in [2.75, 3.05) is 10.6 Å². The molecule has 0 aliphatic carbocycles. The van der Waals surface area contributed by atoms with Crippen molar-refractivity contribution in [1.29, 1.82) is 5.26 Å². The number of carboxylic acids is 1. The lowest BCUT2D eigenvalue weighted by molar-refractivity contribution is -0.112. The van der Waals surface area contributed by atoms with Crippen LogP contribution in [0.2, 0.25) is 0 Å². The van der Waals surface area contributed by atoms with Gasteiger partial charge in [-0.15, -0.1) is 0 Å². The molecule has 2 aromatic rings. The summed E-state index contributed by atoms with van der Waals surface area (Å²) in [6, 6.07) is 13.3. The van der Waals surface area contributed by atoms with Crippen molar-refractivity contribution in [3.8, 4) is 6.07 Å². The van der Waals surface area contributed by atoms with Gasteiger partial charge in [0, 0.05) is 17.6 Å². The molecule has 1 amide bonds. The van der Waals surface area contributed by atoms with E-state index in [0.717, 1.165) is 16.8 Å². The van der Waals surface area contributed by atoms with E-state index in [4.69, 9.17) is 5.11 Å². The van der Waals surface area contributed by atoms with Crippen molar-refractivity contribution in [3.05, 3.63) is 70.9 Å². The fourth-order valence-corrected chi connectivity index (χ4v) is 2.13. The second kappa shape index (κ2) is 7.79. The van der Waals surface area contributed by atoms with Gasteiger partial charge in [0.2, 0.25) is 0 Å². The maximum Gasteiger partial charge on any atom is 0.335 e. The molecule has 0 aliphatic rings. The molecule has 0 unspecified atom stereocenters. The molecule has 0 saturated carbocycles. The molecule has 25 heavy (non-hydrogen) atoms. The lowest BCUT2D eigenvalue weighted by atomic mass is 10.1. The van der Waals surface area contributed by atoms with Gasteiger partial charge in [-0.2, -0.15) is 5.26 Å². The smallest absolute Gasteiger partial charge is 0.335 e. The lowest BCUT2D eigenvalue weighted by Gasteiger charge is -2.09. The van der Waals surface area contributed by atoms with E-state index in [0.29, 0.717) is 5.69 Å². The zero-order valence-electron chi connectivity index (χ0n) is 13.8. The monoisotopic (exact) mass is 335 g/mol. The maximum atomic E-state index is 12.2. The number of hydrogen-bond donors (Lipinski definition) is 3. The zero-order valence-corrected chi connectivity index (χ0v) is 13.8. The molecule has 0 heterocycles. The van der Waals surface area contributed by atoms with E-state index in [1.54, 1.807) is 6.07 Å². The molecule has 0 fully saturated rings. The molecule has 6 heteroatoms. The maximum absolute atomic E-state index is 12.2. The molecule has 2 rings (SSSR count). The number of rotatable bonds is 5. The first-order valence-electron chi connectivity index (χ1n) is 7.50. The molecule has 6 nitrogen and oxygen atoms in total. The van der Waals surface area contributed by atoms with Crippen molar-refractivity contribution < 1.29 is 14.7 Å². The number of nitriles is 1. The minimum atomic E-state index is -1.09. The molecule has 2 aromatic carbocycles. The minimum absolute atomic E-state index is 0.0498. The van der Waals surface area contributed by atoms with Crippen molar-refractivity contribution in [2.45, 2.75) is 13.8 Å². The van der Waals surface area contributed by atoms with Crippen LogP contribution in [-0.4, -0.2) is 17.0 Å². The summed E-state index contributed by atoms with van der Waals surface area (Å²) in [4.78, 5) is 23.2. The van der Waals surface area contributed by atoms with E-state index >= 15 is 0 Å². The Labute approximate surface area is 145 Å². The molecule has 0 radical (unpaired) electrons. The minimum Gasteiger partial charge on any atom is -0.478 e. The van der Waals surface area contributed by atoms with Crippen LogP contribution in [0.5, 0.6) is 0 Å². The van der Waals surface area contributed by atoms with Gasteiger partial charge in [0.15, 0.2) is 0 Å². The third-order valence-electron chi connectivity index (χ3n) is 3.71. The summed E-state index contributed by atoms with van der Waals surface area (Å²) in [6.45, 7) is 3.91. The molecule has 0 spiro atoms. The standard InChI is InChI=1S/C19H17N3O3/c1-12-5-3-8-17(13(12)2)21-11-15(10-20)18(23)22-16-7-4-6-14(9-16)19(24)25/h3-9,11,21H,1-2H3,(H,22,23)(H,24,25)/b15-11-. The number of nitrogens with one attached hydrogen (secondary N) is 2. The highest BCUT2D eigenvalue weighted by atomic mass is 16.4. The number of carbonyl (C=O) groups excluding carboxylic acids is 1. The molecule has 3 N–H and O–H groups in total. The number of carboxylic acid groups (broad SMARTS) is 1. The van der Waals surface area contributed by atoms with Gasteiger partial charge in [0.25, 0.3) is 5.91 Å². The van der Waals surface area contributed by atoms with Gasteiger partial charge >= 0.3 is 5.97 Å². The Kier molecular flexibility index (Phi) is 5.54. The number of amides is 1. The van der Waals surface area contributed by atoms with Gasteiger partial charge in [-0.25, -0.2) is 4.79 Å². The Hall–Kier alpha value is -3.59. The van der Waals surface area contributed by atoms with E-state index < -0.39 is 11.9 Å². The second-order valence-corrected chi connectivity index (χ2v) is 5.40. The quantitative estimate of drug-likeness (QED) is 0.573. The lowest BCUT2D eigenvalue weighted by Crippen LogP contribution is -2.15. The third-order valence-corrected chi connectivity index (χ3v) is 3.71. The Balaban J connectivity index is 2.16. The molecule has 0 aliphatic heterocycles. The van der Waals surface area contributed by atoms with Crippen LogP contribution in [0.3, 0.4) is 0 Å². The normalized spacial score (nSPS) is 10.7. The third kappa shape index (κ3) is 4.45. The Morgan fingerprint density at radius 2 is 1.88 bits per heavy atom. The van der Waals surface area contributed by atoms with Crippen LogP contribution in [0.25, 0.3) is 0 Å². The van der Waals surface area contributed by atoms with Crippen molar-refractivity contribution in [1.82, 2.24) is 0 Å². The van der Waals surface area contributed by atoms with Crippen LogP contribution in [0.1, 0.15) is 21.5 Å². The van der Waals surface area contributed by atoms with Gasteiger partial charge in [-0.1, -0.05) is 18.2 Å². The molecular formula is C19H17N3O3. The summed E-state index contributed by atoms with van der Waals surface area (Å²) in [6.07, 6.45) is 1.33. The fraction of sp³-hybridized carbons (Fsp3) is 0.105. The van der Waals surface area contributed by atoms with E-state index in [9.17, 15) is 14.9 Å². The van der Waals surface area contributed by atoms with Gasteiger partial charge in [0.1, 0.15) is 11.6 Å². The summed E-state index contributed by atoms with van der Waals surface area (Å²) >= 11 is 0. The van der Waals surface area contributed by atoms with Crippen LogP contribution < -0.4 is 10.6 Å². The van der Waals surface area contributed by atoms with E-state index in [2.05, 4.69) is 10.6 Å². The first-order chi connectivity index (χ1) is 11.9. The van der Waals surface area contributed by atoms with Gasteiger partial charge < -0.3 is 15.7 Å². The van der Waals surface area contributed by atoms with Crippen molar-refractivity contribution >= 4 is 23.3 Å². The molecule has 0 bridgehead atoms. The number of nitrogens with zero attached hydrogens (tertiary/aromatic N) is 1. The molecule has 0 saturated heterocycles. The number of aromatic carboxylic acids is 1. The van der Waals surface area contributed by atoms with Crippen LogP contribution in [0.15, 0.2) is 54.2 Å². The Morgan fingerprint density at radius 3 is 2.56 bits per heavy atom. The predicted molar refractivity (Wildman–Crippen MR) is 95.3 cm³/mol. The molecule has 0 atom stereocenters. The average molecular weight is 335 g/mol. The highest BCUT2D eigenvalue weighted by molar-refractivity contribution is 6.07. The van der Waals surface area contributed by atoms with Crippen molar-refractivity contribution in [2.24, 2.45) is 0 Å². The number of carbonyl (C=O) groups is 2. The summed E-state index contributed by atoms with van der Waals surface area (Å²) < 4.78 is 0. The summed E-state index contributed by atoms with van der Waals surface area (Å²) in [5, 5.41) is 23.7. The summed E-state index contributed by atoms with van der Waals surface area (Å²) in [5.74, 6) is -1.72. The van der Waals surface area contributed by atoms with E-state index in [1.165, 1.54) is 24.4 Å². The Morgan fingerprint density at radius 1 is 1.16 bits per heavy atom. The SMILES string of the molecule is Cc1cccc(N/C=C(/C#N)C(=O)Nc2cccc(C(=O)O)c2)c1C. The fourth-order valence-electron chi connectivity index (χ4n) is 2.13. The summed E-state index contributed by atoms with van der Waals surface area (Å²) in [7, 11) is 0. The molecular weight excluding hydrogens is 318 g/mol. The number of hydrogen-bond acceptors (Lipinski definition) is 4. The van der Waals surface area contributed by atoms with Crippen LogP contribution in [0.4, 0.5) is 11.4 Å². The number of aryl methyl sites for hydroxylation is 1. The molecule has 126 valence electrons. The van der Waals surface area contributed by atoms with Gasteiger partial charge in [0.05, 0.1) is 5.56 Å². The second-order valence-electron chi connectivity index (χ2n) is 5.40. The number of anilines is 2. The Bertz CT molecular complexity index is 895. The van der Waals surface area contributed by atoms with Crippen LogP contribution in [0, 0.1) is 25.2 Å². The van der Waals surface area contributed by atoms with Crippen molar-refractivity contribution in [3.63, 3.8) is 0 Å². The predicted octanol–water partition coefficient (Wildman–Crippen LogP) is 3.46.